The van der Waals surface area contributed by atoms with E-state index in [-0.39, 0.29) is 0 Å². The lowest BCUT2D eigenvalue weighted by Crippen LogP contribution is -2.39. The molecule has 0 radical (unpaired) electrons. The van der Waals surface area contributed by atoms with E-state index < -0.39 is 0 Å². The van der Waals surface area contributed by atoms with Crippen molar-refractivity contribution in [3.05, 3.63) is 24.0 Å². The summed E-state index contributed by atoms with van der Waals surface area (Å²) in [7, 11) is 0. The second-order valence-electron chi connectivity index (χ2n) is 4.59. The molecular weight excluding hydrogens is 210 g/mol. The SMILES string of the molecule is C#CCN1CCC(Nc2ccc(C)nc2)CC1. The minimum absolute atomic E-state index is 0.550. The third kappa shape index (κ3) is 3.47. The second kappa shape index (κ2) is 5.70. The molecule has 0 aliphatic carbocycles. The van der Waals surface area contributed by atoms with Gasteiger partial charge in [0.15, 0.2) is 0 Å². The molecule has 17 heavy (non-hydrogen) atoms. The molecule has 0 amide bonds. The zero-order valence-corrected chi connectivity index (χ0v) is 10.3. The summed E-state index contributed by atoms with van der Waals surface area (Å²) >= 11 is 0. The third-order valence-electron chi connectivity index (χ3n) is 3.18. The van der Waals surface area contributed by atoms with Crippen LogP contribution < -0.4 is 5.32 Å². The molecule has 1 aliphatic heterocycles. The Morgan fingerprint density at radius 3 is 2.82 bits per heavy atom. The second-order valence-corrected chi connectivity index (χ2v) is 4.59. The highest BCUT2D eigenvalue weighted by Gasteiger charge is 2.17. The van der Waals surface area contributed by atoms with Crippen molar-refractivity contribution in [2.45, 2.75) is 25.8 Å². The van der Waals surface area contributed by atoms with Crippen LogP contribution in [-0.4, -0.2) is 35.6 Å². The molecule has 3 heteroatoms. The van der Waals surface area contributed by atoms with E-state index in [2.05, 4.69) is 27.2 Å². The van der Waals surface area contributed by atoms with Crippen LogP contribution in [0.4, 0.5) is 5.69 Å². The van der Waals surface area contributed by atoms with E-state index in [1.807, 2.05) is 19.2 Å². The summed E-state index contributed by atoms with van der Waals surface area (Å²) in [5.74, 6) is 2.70. The highest BCUT2D eigenvalue weighted by molar-refractivity contribution is 5.41. The lowest BCUT2D eigenvalue weighted by atomic mass is 10.0. The first-order valence-corrected chi connectivity index (χ1v) is 6.13. The Morgan fingerprint density at radius 1 is 1.47 bits per heavy atom. The summed E-state index contributed by atoms with van der Waals surface area (Å²) in [5, 5.41) is 3.53. The van der Waals surface area contributed by atoms with Gasteiger partial charge in [-0.1, -0.05) is 5.92 Å². The number of anilines is 1. The molecule has 1 saturated heterocycles. The van der Waals surface area contributed by atoms with Crippen molar-refractivity contribution in [2.24, 2.45) is 0 Å². The van der Waals surface area contributed by atoms with Crippen LogP contribution >= 0.6 is 0 Å². The lowest BCUT2D eigenvalue weighted by Gasteiger charge is -2.31. The smallest absolute Gasteiger partial charge is 0.0598 e. The van der Waals surface area contributed by atoms with Gasteiger partial charge in [0.25, 0.3) is 0 Å². The Labute approximate surface area is 103 Å². The van der Waals surface area contributed by atoms with Gasteiger partial charge < -0.3 is 5.32 Å². The first-order chi connectivity index (χ1) is 8.28. The van der Waals surface area contributed by atoms with Crippen molar-refractivity contribution in [2.75, 3.05) is 25.0 Å². The van der Waals surface area contributed by atoms with Crippen LogP contribution in [-0.2, 0) is 0 Å². The van der Waals surface area contributed by atoms with Crippen molar-refractivity contribution < 1.29 is 0 Å². The molecule has 0 spiro atoms. The molecule has 1 aromatic heterocycles. The van der Waals surface area contributed by atoms with Crippen LogP contribution in [0.25, 0.3) is 0 Å². The molecule has 3 nitrogen and oxygen atoms in total. The van der Waals surface area contributed by atoms with Crippen molar-refractivity contribution in [3.63, 3.8) is 0 Å². The molecular formula is C14H19N3. The van der Waals surface area contributed by atoms with Crippen molar-refractivity contribution in [1.29, 1.82) is 0 Å². The average Bonchev–Trinajstić information content (AvgIpc) is 2.35. The lowest BCUT2D eigenvalue weighted by molar-refractivity contribution is 0.243. The Bertz CT molecular complexity index is 383. The summed E-state index contributed by atoms with van der Waals surface area (Å²) in [4.78, 5) is 6.61. The molecule has 90 valence electrons. The van der Waals surface area contributed by atoms with Crippen molar-refractivity contribution >= 4 is 5.69 Å². The first kappa shape index (κ1) is 11.9. The largest absolute Gasteiger partial charge is 0.381 e. The van der Waals surface area contributed by atoms with Gasteiger partial charge >= 0.3 is 0 Å². The van der Waals surface area contributed by atoms with E-state index >= 15 is 0 Å². The number of rotatable bonds is 3. The van der Waals surface area contributed by atoms with Gasteiger partial charge in [0.05, 0.1) is 18.4 Å². The number of nitrogens with zero attached hydrogens (tertiary/aromatic N) is 2. The molecule has 2 rings (SSSR count). The zero-order valence-electron chi connectivity index (χ0n) is 10.3. The quantitative estimate of drug-likeness (QED) is 0.802. The molecule has 1 fully saturated rings. The van der Waals surface area contributed by atoms with Crippen LogP contribution in [0.15, 0.2) is 18.3 Å². The van der Waals surface area contributed by atoms with E-state index in [1.54, 1.807) is 0 Å². The summed E-state index contributed by atoms with van der Waals surface area (Å²) in [6.07, 6.45) is 9.52. The predicted octanol–water partition coefficient (Wildman–Crippen LogP) is 1.90. The normalized spacial score (nSPS) is 17.6. The average molecular weight is 229 g/mol. The van der Waals surface area contributed by atoms with Crippen molar-refractivity contribution in [3.8, 4) is 12.3 Å². The number of terminal acetylenes is 1. The van der Waals surface area contributed by atoms with Crippen LogP contribution in [0.5, 0.6) is 0 Å². The highest BCUT2D eigenvalue weighted by atomic mass is 15.1. The monoisotopic (exact) mass is 229 g/mol. The first-order valence-electron chi connectivity index (χ1n) is 6.13. The topological polar surface area (TPSA) is 28.2 Å². The number of likely N-dealkylation sites (tertiary alicyclic amines) is 1. The molecule has 1 aromatic rings. The van der Waals surface area contributed by atoms with E-state index in [4.69, 9.17) is 6.42 Å². The maximum atomic E-state index is 5.32. The molecule has 1 N–H and O–H groups in total. The molecule has 0 aromatic carbocycles. The third-order valence-corrected chi connectivity index (χ3v) is 3.18. The van der Waals surface area contributed by atoms with E-state index in [9.17, 15) is 0 Å². The van der Waals surface area contributed by atoms with E-state index in [1.165, 1.54) is 0 Å². The summed E-state index contributed by atoms with van der Waals surface area (Å²) in [6, 6.07) is 4.68. The van der Waals surface area contributed by atoms with Gasteiger partial charge in [0, 0.05) is 24.8 Å². The highest BCUT2D eigenvalue weighted by Crippen LogP contribution is 2.15. The van der Waals surface area contributed by atoms with Gasteiger partial charge in [-0.25, -0.2) is 0 Å². The van der Waals surface area contributed by atoms with Crippen LogP contribution in [0.2, 0.25) is 0 Å². The Morgan fingerprint density at radius 2 is 2.24 bits per heavy atom. The molecule has 1 aliphatic rings. The zero-order chi connectivity index (χ0) is 12.1. The fraction of sp³-hybridized carbons (Fsp3) is 0.500. The fourth-order valence-electron chi connectivity index (χ4n) is 2.15. The predicted molar refractivity (Wildman–Crippen MR) is 70.9 cm³/mol. The minimum Gasteiger partial charge on any atom is -0.381 e. The van der Waals surface area contributed by atoms with Crippen LogP contribution in [0.3, 0.4) is 0 Å². The number of aryl methyl sites for hydroxylation is 1. The Kier molecular flexibility index (Phi) is 4.00. The minimum atomic E-state index is 0.550. The maximum absolute atomic E-state index is 5.32. The molecule has 0 saturated carbocycles. The standard InChI is InChI=1S/C14H19N3/c1-3-8-17-9-6-13(7-10-17)16-14-5-4-12(2)15-11-14/h1,4-5,11,13,16H,6-10H2,2H3. The Hall–Kier alpha value is -1.53. The number of pyridine rings is 1. The van der Waals surface area contributed by atoms with Gasteiger partial charge in [0.1, 0.15) is 0 Å². The summed E-state index contributed by atoms with van der Waals surface area (Å²) in [6.45, 7) is 4.95. The number of nitrogens with one attached hydrogen (secondary N) is 1. The van der Waals surface area contributed by atoms with Gasteiger partial charge in [-0.15, -0.1) is 6.42 Å². The molecule has 0 unspecified atom stereocenters. The fourth-order valence-corrected chi connectivity index (χ4v) is 2.15. The van der Waals surface area contributed by atoms with E-state index in [0.29, 0.717) is 6.04 Å². The van der Waals surface area contributed by atoms with Gasteiger partial charge in [-0.3, -0.25) is 9.88 Å². The molecule has 2 heterocycles. The van der Waals surface area contributed by atoms with Gasteiger partial charge in [-0.05, 0) is 31.9 Å². The van der Waals surface area contributed by atoms with Gasteiger partial charge in [-0.2, -0.15) is 0 Å². The molecule has 0 atom stereocenters. The van der Waals surface area contributed by atoms with Crippen LogP contribution in [0.1, 0.15) is 18.5 Å². The number of piperidine rings is 1. The Balaban J connectivity index is 1.82. The van der Waals surface area contributed by atoms with E-state index in [0.717, 1.165) is 43.9 Å². The summed E-state index contributed by atoms with van der Waals surface area (Å²) < 4.78 is 0. The van der Waals surface area contributed by atoms with Crippen molar-refractivity contribution in [1.82, 2.24) is 9.88 Å². The number of aromatic nitrogens is 1. The molecule has 0 bridgehead atoms. The van der Waals surface area contributed by atoms with Crippen LogP contribution in [0, 0.1) is 19.3 Å². The maximum Gasteiger partial charge on any atom is 0.0598 e. The number of hydrogen-bond donors (Lipinski definition) is 1. The van der Waals surface area contributed by atoms with Gasteiger partial charge in [0.2, 0.25) is 0 Å². The number of hydrogen-bond acceptors (Lipinski definition) is 3. The summed E-state index contributed by atoms with van der Waals surface area (Å²) in [5.41, 5.74) is 2.17.